The Balaban J connectivity index is 1.60. The van der Waals surface area contributed by atoms with Crippen molar-refractivity contribution in [2.24, 2.45) is 0 Å². The van der Waals surface area contributed by atoms with Crippen LogP contribution in [-0.2, 0) is 16.1 Å². The maximum atomic E-state index is 12.9. The number of carbonyl (C=O) groups is 2. The fourth-order valence-corrected chi connectivity index (χ4v) is 3.12. The normalized spacial score (nSPS) is 10.6. The van der Waals surface area contributed by atoms with E-state index in [0.29, 0.717) is 5.56 Å². The van der Waals surface area contributed by atoms with Crippen molar-refractivity contribution in [3.8, 4) is 5.69 Å². The van der Waals surface area contributed by atoms with Gasteiger partial charge in [0.15, 0.2) is 6.61 Å². The van der Waals surface area contributed by atoms with Crippen LogP contribution in [0.25, 0.3) is 5.69 Å². The molecule has 0 fully saturated rings. The highest BCUT2D eigenvalue weighted by atomic mass is 19.1. The first kappa shape index (κ1) is 20.3. The average molecular weight is 394 g/mol. The van der Waals surface area contributed by atoms with E-state index in [1.165, 1.54) is 12.1 Å². The number of nitrogens with one attached hydrogen (secondary N) is 1. The fourth-order valence-electron chi connectivity index (χ4n) is 3.12. The van der Waals surface area contributed by atoms with E-state index < -0.39 is 11.9 Å². The van der Waals surface area contributed by atoms with E-state index >= 15 is 0 Å². The fraction of sp³-hybridized carbons (Fsp3) is 0.217. The minimum absolute atomic E-state index is 0.235. The number of aromatic nitrogens is 1. The predicted octanol–water partition coefficient (Wildman–Crippen LogP) is 4.01. The zero-order valence-corrected chi connectivity index (χ0v) is 16.7. The van der Waals surface area contributed by atoms with Gasteiger partial charge in [0.05, 0.1) is 5.56 Å². The number of esters is 1. The molecule has 29 heavy (non-hydrogen) atoms. The number of nitrogens with zero attached hydrogens (tertiary/aromatic N) is 1. The summed E-state index contributed by atoms with van der Waals surface area (Å²) in [6, 6.07) is 15.6. The third kappa shape index (κ3) is 4.90. The topological polar surface area (TPSA) is 60.3 Å². The molecule has 5 nitrogen and oxygen atoms in total. The molecule has 1 aromatic heterocycles. The molecule has 0 aliphatic heterocycles. The first-order chi connectivity index (χ1) is 13.8. The van der Waals surface area contributed by atoms with Gasteiger partial charge in [0.2, 0.25) is 0 Å². The van der Waals surface area contributed by atoms with Gasteiger partial charge < -0.3 is 14.6 Å². The molecule has 0 unspecified atom stereocenters. The Labute approximate surface area is 169 Å². The third-order valence-corrected chi connectivity index (χ3v) is 4.68. The van der Waals surface area contributed by atoms with Gasteiger partial charge in [0, 0.05) is 23.6 Å². The van der Waals surface area contributed by atoms with Crippen LogP contribution in [0, 0.1) is 26.6 Å². The van der Waals surface area contributed by atoms with E-state index in [4.69, 9.17) is 4.74 Å². The van der Waals surface area contributed by atoms with E-state index in [1.807, 2.05) is 49.6 Å². The second-order valence-corrected chi connectivity index (χ2v) is 6.94. The van der Waals surface area contributed by atoms with Crippen molar-refractivity contribution in [1.82, 2.24) is 9.88 Å². The van der Waals surface area contributed by atoms with Crippen LogP contribution in [0.1, 0.15) is 32.9 Å². The average Bonchev–Trinajstić information content (AvgIpc) is 3.00. The van der Waals surface area contributed by atoms with Crippen molar-refractivity contribution in [1.29, 1.82) is 0 Å². The van der Waals surface area contributed by atoms with Crippen molar-refractivity contribution in [3.05, 3.63) is 88.5 Å². The summed E-state index contributed by atoms with van der Waals surface area (Å²) >= 11 is 0. The SMILES string of the molecule is Cc1ccc(-n2c(C)cc(C(=O)OCC(=O)NCc3ccc(F)cc3)c2C)cc1. The van der Waals surface area contributed by atoms with Gasteiger partial charge in [-0.1, -0.05) is 29.8 Å². The van der Waals surface area contributed by atoms with E-state index in [9.17, 15) is 14.0 Å². The van der Waals surface area contributed by atoms with Crippen LogP contribution < -0.4 is 5.32 Å². The summed E-state index contributed by atoms with van der Waals surface area (Å²) in [5, 5.41) is 2.64. The maximum Gasteiger partial charge on any atom is 0.340 e. The molecule has 6 heteroatoms. The number of rotatable bonds is 6. The Bertz CT molecular complexity index is 1020. The Morgan fingerprint density at radius 2 is 1.66 bits per heavy atom. The minimum Gasteiger partial charge on any atom is -0.452 e. The third-order valence-electron chi connectivity index (χ3n) is 4.68. The molecule has 0 spiro atoms. The lowest BCUT2D eigenvalue weighted by Crippen LogP contribution is -2.28. The van der Waals surface area contributed by atoms with E-state index in [-0.39, 0.29) is 19.0 Å². The number of hydrogen-bond donors (Lipinski definition) is 1. The van der Waals surface area contributed by atoms with Crippen LogP contribution in [0.3, 0.4) is 0 Å². The monoisotopic (exact) mass is 394 g/mol. The first-order valence-corrected chi connectivity index (χ1v) is 9.29. The Morgan fingerprint density at radius 3 is 2.31 bits per heavy atom. The van der Waals surface area contributed by atoms with Gasteiger partial charge in [-0.3, -0.25) is 4.79 Å². The van der Waals surface area contributed by atoms with Crippen LogP contribution in [0.15, 0.2) is 54.6 Å². The molecule has 0 radical (unpaired) electrons. The zero-order chi connectivity index (χ0) is 21.0. The number of aryl methyl sites for hydroxylation is 2. The molecule has 2 aromatic carbocycles. The Kier molecular flexibility index (Phi) is 6.12. The van der Waals surface area contributed by atoms with Gasteiger partial charge in [-0.15, -0.1) is 0 Å². The van der Waals surface area contributed by atoms with Gasteiger partial charge in [0.1, 0.15) is 5.82 Å². The van der Waals surface area contributed by atoms with Crippen molar-refractivity contribution in [2.45, 2.75) is 27.3 Å². The summed E-state index contributed by atoms with van der Waals surface area (Å²) in [4.78, 5) is 24.4. The molecule has 0 atom stereocenters. The number of ether oxygens (including phenoxy) is 1. The Morgan fingerprint density at radius 1 is 1.00 bits per heavy atom. The lowest BCUT2D eigenvalue weighted by atomic mass is 10.2. The molecule has 0 bridgehead atoms. The number of halogens is 1. The lowest BCUT2D eigenvalue weighted by molar-refractivity contribution is -0.124. The van der Waals surface area contributed by atoms with Crippen molar-refractivity contribution in [2.75, 3.05) is 6.61 Å². The molecule has 1 amide bonds. The van der Waals surface area contributed by atoms with Crippen LogP contribution in [0.5, 0.6) is 0 Å². The molecule has 3 rings (SSSR count). The molecule has 1 heterocycles. The number of hydrogen-bond acceptors (Lipinski definition) is 3. The zero-order valence-electron chi connectivity index (χ0n) is 16.7. The molecule has 0 saturated carbocycles. The Hall–Kier alpha value is -3.41. The van der Waals surface area contributed by atoms with Crippen LogP contribution in [0.4, 0.5) is 4.39 Å². The highest BCUT2D eigenvalue weighted by molar-refractivity contribution is 5.93. The molecule has 0 saturated heterocycles. The summed E-state index contributed by atoms with van der Waals surface area (Å²) in [6.45, 7) is 5.63. The van der Waals surface area contributed by atoms with E-state index in [2.05, 4.69) is 5.32 Å². The summed E-state index contributed by atoms with van der Waals surface area (Å²) in [5.74, 6) is -1.30. The predicted molar refractivity (Wildman–Crippen MR) is 109 cm³/mol. The van der Waals surface area contributed by atoms with Crippen LogP contribution in [-0.4, -0.2) is 23.1 Å². The second-order valence-electron chi connectivity index (χ2n) is 6.94. The van der Waals surface area contributed by atoms with Gasteiger partial charge in [-0.25, -0.2) is 9.18 Å². The number of benzene rings is 2. The van der Waals surface area contributed by atoms with Gasteiger partial charge in [-0.05, 0) is 56.7 Å². The van der Waals surface area contributed by atoms with Crippen molar-refractivity contribution >= 4 is 11.9 Å². The molecular formula is C23H23FN2O3. The lowest BCUT2D eigenvalue weighted by Gasteiger charge is -2.10. The molecular weight excluding hydrogens is 371 g/mol. The summed E-state index contributed by atoms with van der Waals surface area (Å²) in [7, 11) is 0. The van der Waals surface area contributed by atoms with E-state index in [1.54, 1.807) is 18.2 Å². The van der Waals surface area contributed by atoms with Crippen LogP contribution >= 0.6 is 0 Å². The molecule has 1 N–H and O–H groups in total. The summed E-state index contributed by atoms with van der Waals surface area (Å²) in [6.07, 6.45) is 0. The molecule has 150 valence electrons. The largest absolute Gasteiger partial charge is 0.452 e. The van der Waals surface area contributed by atoms with Crippen LogP contribution in [0.2, 0.25) is 0 Å². The maximum absolute atomic E-state index is 12.9. The van der Waals surface area contributed by atoms with Gasteiger partial charge in [0.25, 0.3) is 5.91 Å². The highest BCUT2D eigenvalue weighted by Crippen LogP contribution is 2.21. The quantitative estimate of drug-likeness (QED) is 0.643. The second kappa shape index (κ2) is 8.73. The standard InChI is InChI=1S/C23H23FN2O3/c1-15-4-10-20(11-5-15)26-16(2)12-21(17(26)3)23(28)29-14-22(27)25-13-18-6-8-19(24)9-7-18/h4-12H,13-14H2,1-3H3,(H,25,27). The van der Waals surface area contributed by atoms with E-state index in [0.717, 1.165) is 28.2 Å². The first-order valence-electron chi connectivity index (χ1n) is 9.29. The molecule has 0 aliphatic rings. The summed E-state index contributed by atoms with van der Waals surface area (Å²) in [5.41, 5.74) is 4.95. The number of carbonyl (C=O) groups excluding carboxylic acids is 2. The minimum atomic E-state index is -0.548. The smallest absolute Gasteiger partial charge is 0.340 e. The molecule has 3 aromatic rings. The molecule has 0 aliphatic carbocycles. The van der Waals surface area contributed by atoms with Crippen molar-refractivity contribution < 1.29 is 18.7 Å². The van der Waals surface area contributed by atoms with Gasteiger partial charge in [-0.2, -0.15) is 0 Å². The van der Waals surface area contributed by atoms with Crippen molar-refractivity contribution in [3.63, 3.8) is 0 Å². The van der Waals surface area contributed by atoms with Gasteiger partial charge >= 0.3 is 5.97 Å². The highest BCUT2D eigenvalue weighted by Gasteiger charge is 2.18. The summed E-state index contributed by atoms with van der Waals surface area (Å²) < 4.78 is 20.1. The number of amides is 1.